The number of hydrazine groups is 1. The molecule has 4 nitrogen and oxygen atoms in total. The van der Waals surface area contributed by atoms with Crippen LogP contribution in [0.25, 0.3) is 0 Å². The fraction of sp³-hybridized carbons (Fsp3) is 0.562. The Morgan fingerprint density at radius 3 is 2.40 bits per heavy atom. The van der Waals surface area contributed by atoms with Gasteiger partial charge in [-0.2, -0.15) is 0 Å². The van der Waals surface area contributed by atoms with Gasteiger partial charge in [0.15, 0.2) is 0 Å². The molecule has 0 aromatic heterocycles. The molecule has 0 radical (unpaired) electrons. The van der Waals surface area contributed by atoms with Crippen molar-refractivity contribution in [1.29, 1.82) is 0 Å². The molecule has 1 aliphatic rings. The van der Waals surface area contributed by atoms with E-state index < -0.39 is 0 Å². The van der Waals surface area contributed by atoms with Crippen molar-refractivity contribution >= 4 is 5.91 Å². The van der Waals surface area contributed by atoms with Crippen molar-refractivity contribution in [2.75, 3.05) is 13.1 Å². The number of nitrogens with two attached hydrogens (primary N) is 1. The molecule has 1 aromatic carbocycles. The lowest BCUT2D eigenvalue weighted by atomic mass is 9.95. The van der Waals surface area contributed by atoms with E-state index in [-0.39, 0.29) is 11.8 Å². The molecule has 1 aliphatic heterocycles. The molecule has 1 aromatic rings. The summed E-state index contributed by atoms with van der Waals surface area (Å²) in [5, 5.41) is 0. The van der Waals surface area contributed by atoms with Gasteiger partial charge in [0.05, 0.1) is 0 Å². The molecule has 110 valence electrons. The number of likely N-dealkylation sites (tertiary alicyclic amines) is 1. The highest BCUT2D eigenvalue weighted by molar-refractivity contribution is 5.78. The molecule has 0 unspecified atom stereocenters. The van der Waals surface area contributed by atoms with Gasteiger partial charge in [0.1, 0.15) is 0 Å². The van der Waals surface area contributed by atoms with Crippen molar-refractivity contribution in [3.63, 3.8) is 0 Å². The normalized spacial score (nSPS) is 17.4. The first-order valence-electron chi connectivity index (χ1n) is 7.41. The Kier molecular flexibility index (Phi) is 5.15. The van der Waals surface area contributed by atoms with Crippen molar-refractivity contribution in [2.45, 2.75) is 39.2 Å². The van der Waals surface area contributed by atoms with Gasteiger partial charge in [-0.3, -0.25) is 15.1 Å². The molecule has 3 N–H and O–H groups in total. The molecule has 1 amide bonds. The van der Waals surface area contributed by atoms with Crippen molar-refractivity contribution in [1.82, 2.24) is 10.3 Å². The first-order valence-corrected chi connectivity index (χ1v) is 7.41. The summed E-state index contributed by atoms with van der Waals surface area (Å²) >= 11 is 0. The van der Waals surface area contributed by atoms with Crippen LogP contribution in [0.1, 0.15) is 43.7 Å². The van der Waals surface area contributed by atoms with E-state index in [1.54, 1.807) is 0 Å². The monoisotopic (exact) mass is 275 g/mol. The van der Waals surface area contributed by atoms with E-state index >= 15 is 0 Å². The van der Waals surface area contributed by atoms with Crippen molar-refractivity contribution in [3.05, 3.63) is 35.4 Å². The second-order valence-electron chi connectivity index (χ2n) is 5.96. The van der Waals surface area contributed by atoms with Gasteiger partial charge in [0.25, 0.3) is 0 Å². The SMILES string of the molecule is CC(C)c1ccc(CN2CCC(C(=O)NN)CC2)cc1. The van der Waals surface area contributed by atoms with E-state index in [9.17, 15) is 4.79 Å². The van der Waals surface area contributed by atoms with Gasteiger partial charge in [-0.1, -0.05) is 38.1 Å². The number of benzene rings is 1. The summed E-state index contributed by atoms with van der Waals surface area (Å²) in [7, 11) is 0. The van der Waals surface area contributed by atoms with E-state index in [0.717, 1.165) is 32.5 Å². The molecule has 2 rings (SSSR count). The molecular weight excluding hydrogens is 250 g/mol. The summed E-state index contributed by atoms with van der Waals surface area (Å²) in [6.45, 7) is 7.31. The minimum absolute atomic E-state index is 0.0223. The number of carbonyl (C=O) groups excluding carboxylic acids is 1. The van der Waals surface area contributed by atoms with Crippen LogP contribution in [0.2, 0.25) is 0 Å². The minimum atomic E-state index is -0.0223. The van der Waals surface area contributed by atoms with Crippen LogP contribution in [0.3, 0.4) is 0 Å². The Hall–Kier alpha value is -1.39. The number of amides is 1. The van der Waals surface area contributed by atoms with E-state index in [2.05, 4.69) is 48.4 Å². The Balaban J connectivity index is 1.84. The molecule has 0 aliphatic carbocycles. The molecule has 0 bridgehead atoms. The Morgan fingerprint density at radius 2 is 1.90 bits per heavy atom. The quantitative estimate of drug-likeness (QED) is 0.502. The van der Waals surface area contributed by atoms with E-state index in [0.29, 0.717) is 5.92 Å². The zero-order valence-corrected chi connectivity index (χ0v) is 12.4. The van der Waals surface area contributed by atoms with Crippen LogP contribution in [-0.2, 0) is 11.3 Å². The van der Waals surface area contributed by atoms with Gasteiger partial charge in [0.2, 0.25) is 5.91 Å². The molecule has 20 heavy (non-hydrogen) atoms. The van der Waals surface area contributed by atoms with Crippen molar-refractivity contribution < 1.29 is 4.79 Å². The summed E-state index contributed by atoms with van der Waals surface area (Å²) in [6, 6.07) is 8.87. The van der Waals surface area contributed by atoms with Gasteiger partial charge in [-0.15, -0.1) is 0 Å². The van der Waals surface area contributed by atoms with Gasteiger partial charge in [-0.05, 0) is 43.0 Å². The number of nitrogens with zero attached hydrogens (tertiary/aromatic N) is 1. The highest BCUT2D eigenvalue weighted by atomic mass is 16.2. The molecule has 4 heteroatoms. The topological polar surface area (TPSA) is 58.4 Å². The number of piperidine rings is 1. The third kappa shape index (κ3) is 3.81. The summed E-state index contributed by atoms with van der Waals surface area (Å²) in [4.78, 5) is 13.9. The second kappa shape index (κ2) is 6.86. The maximum absolute atomic E-state index is 11.5. The smallest absolute Gasteiger partial charge is 0.237 e. The van der Waals surface area contributed by atoms with E-state index in [1.807, 2.05) is 0 Å². The van der Waals surface area contributed by atoms with Crippen molar-refractivity contribution in [2.24, 2.45) is 11.8 Å². The number of hydrogen-bond donors (Lipinski definition) is 2. The molecule has 0 atom stereocenters. The maximum Gasteiger partial charge on any atom is 0.237 e. The van der Waals surface area contributed by atoms with Crippen LogP contribution < -0.4 is 11.3 Å². The Labute approximate surface area is 121 Å². The fourth-order valence-electron chi connectivity index (χ4n) is 2.74. The van der Waals surface area contributed by atoms with Crippen molar-refractivity contribution in [3.8, 4) is 0 Å². The zero-order chi connectivity index (χ0) is 14.5. The third-order valence-corrected chi connectivity index (χ3v) is 4.15. The molecule has 1 fully saturated rings. The van der Waals surface area contributed by atoms with Crippen LogP contribution in [0, 0.1) is 5.92 Å². The number of nitrogens with one attached hydrogen (secondary N) is 1. The van der Waals surface area contributed by atoms with Crippen LogP contribution in [-0.4, -0.2) is 23.9 Å². The summed E-state index contributed by atoms with van der Waals surface area (Å²) in [5.41, 5.74) is 4.98. The summed E-state index contributed by atoms with van der Waals surface area (Å²) in [5.74, 6) is 5.83. The van der Waals surface area contributed by atoms with Gasteiger partial charge < -0.3 is 0 Å². The number of rotatable bonds is 4. The average Bonchev–Trinajstić information content (AvgIpc) is 2.48. The summed E-state index contributed by atoms with van der Waals surface area (Å²) < 4.78 is 0. The highest BCUT2D eigenvalue weighted by Gasteiger charge is 2.24. The first kappa shape index (κ1) is 15.0. The number of carbonyl (C=O) groups is 1. The second-order valence-corrected chi connectivity index (χ2v) is 5.96. The van der Waals surface area contributed by atoms with Crippen LogP contribution >= 0.6 is 0 Å². The van der Waals surface area contributed by atoms with Crippen LogP contribution in [0.4, 0.5) is 0 Å². The lowest BCUT2D eigenvalue weighted by Gasteiger charge is -2.31. The van der Waals surface area contributed by atoms with E-state index in [1.165, 1.54) is 11.1 Å². The fourth-order valence-corrected chi connectivity index (χ4v) is 2.74. The lowest BCUT2D eigenvalue weighted by molar-refractivity contribution is -0.126. The number of hydrogen-bond acceptors (Lipinski definition) is 3. The molecular formula is C16H25N3O. The Morgan fingerprint density at radius 1 is 1.30 bits per heavy atom. The predicted molar refractivity (Wildman–Crippen MR) is 80.9 cm³/mol. The molecule has 1 saturated heterocycles. The molecule has 1 heterocycles. The van der Waals surface area contributed by atoms with Gasteiger partial charge >= 0.3 is 0 Å². The van der Waals surface area contributed by atoms with Crippen LogP contribution in [0.5, 0.6) is 0 Å². The highest BCUT2D eigenvalue weighted by Crippen LogP contribution is 2.20. The maximum atomic E-state index is 11.5. The van der Waals surface area contributed by atoms with Gasteiger partial charge in [-0.25, -0.2) is 5.84 Å². The first-order chi connectivity index (χ1) is 9.60. The zero-order valence-electron chi connectivity index (χ0n) is 12.4. The minimum Gasteiger partial charge on any atom is -0.299 e. The largest absolute Gasteiger partial charge is 0.299 e. The third-order valence-electron chi connectivity index (χ3n) is 4.15. The van der Waals surface area contributed by atoms with Crippen LogP contribution in [0.15, 0.2) is 24.3 Å². The predicted octanol–water partition coefficient (Wildman–Crippen LogP) is 2.01. The Bertz CT molecular complexity index is 434. The molecule has 0 spiro atoms. The average molecular weight is 275 g/mol. The summed E-state index contributed by atoms with van der Waals surface area (Å²) in [6.07, 6.45) is 1.79. The van der Waals surface area contributed by atoms with E-state index in [4.69, 9.17) is 5.84 Å². The molecule has 0 saturated carbocycles. The van der Waals surface area contributed by atoms with Gasteiger partial charge in [0, 0.05) is 12.5 Å². The lowest BCUT2D eigenvalue weighted by Crippen LogP contribution is -2.42. The standard InChI is InChI=1S/C16H25N3O/c1-12(2)14-5-3-13(4-6-14)11-19-9-7-15(8-10-19)16(20)18-17/h3-6,12,15H,7-11,17H2,1-2H3,(H,18,20).